The van der Waals surface area contributed by atoms with Gasteiger partial charge in [-0.1, -0.05) is 99.7 Å². The van der Waals surface area contributed by atoms with E-state index < -0.39 is 18.2 Å². The lowest BCUT2D eigenvalue weighted by atomic mass is 9.91. The Kier molecular flexibility index (Phi) is 15.3. The summed E-state index contributed by atoms with van der Waals surface area (Å²) in [5.74, 6) is -0.0715. The molecule has 0 aliphatic heterocycles. The zero-order chi connectivity index (χ0) is 26.7. The summed E-state index contributed by atoms with van der Waals surface area (Å²) in [6.07, 6.45) is 7.09. The summed E-state index contributed by atoms with van der Waals surface area (Å²) in [6, 6.07) is 18.7. The van der Waals surface area contributed by atoms with Gasteiger partial charge < -0.3 is 19.9 Å². The van der Waals surface area contributed by atoms with E-state index in [-0.39, 0.29) is 24.7 Å². The molecule has 0 fully saturated rings. The van der Waals surface area contributed by atoms with Crippen molar-refractivity contribution in [3.8, 4) is 0 Å². The van der Waals surface area contributed by atoms with Crippen molar-refractivity contribution in [1.82, 2.24) is 5.32 Å². The number of alkyl carbamates (subject to hydrolysis) is 1. The Morgan fingerprint density at radius 1 is 0.865 bits per heavy atom. The van der Waals surface area contributed by atoms with Gasteiger partial charge in [0.2, 0.25) is 0 Å². The number of hydrogen-bond acceptors (Lipinski definition) is 5. The number of carbonyl (C=O) groups excluding carboxylic acids is 2. The minimum atomic E-state index is -0.715. The lowest BCUT2D eigenvalue weighted by Gasteiger charge is -2.22. The number of aliphatic hydroxyl groups excluding tert-OH is 1. The molecule has 1 amide bonds. The number of aliphatic hydroxyl groups is 1. The molecule has 0 aliphatic carbocycles. The quantitative estimate of drug-likeness (QED) is 0.218. The minimum absolute atomic E-state index is 0.00646. The van der Waals surface area contributed by atoms with Crippen LogP contribution in [0.25, 0.3) is 0 Å². The van der Waals surface area contributed by atoms with Gasteiger partial charge in [0.15, 0.2) is 5.78 Å². The number of ketones is 1. The summed E-state index contributed by atoms with van der Waals surface area (Å²) in [6.45, 7) is 2.77. The molecule has 6 heteroatoms. The standard InChI is InChI=1S/C31H45NO5/c1-3-4-5-6-13-18-28(33)19-20-29(32-31(35)37-24-26-16-11-8-12-17-26)30(34)22-27(23-36-2)21-25-14-9-7-10-15-25/h7-12,14-17,27-29,33H,3-6,13,18-24H2,1-2H3,(H,32,35). The summed E-state index contributed by atoms with van der Waals surface area (Å²) < 4.78 is 10.8. The molecule has 2 rings (SSSR count). The molecule has 0 bridgehead atoms. The molecule has 2 N–H and O–H groups in total. The molecule has 0 saturated carbocycles. The first-order chi connectivity index (χ1) is 18.0. The van der Waals surface area contributed by atoms with Crippen LogP contribution in [-0.4, -0.2) is 42.8 Å². The first-order valence-corrected chi connectivity index (χ1v) is 13.7. The smallest absolute Gasteiger partial charge is 0.408 e. The van der Waals surface area contributed by atoms with Crippen LogP contribution in [0.5, 0.6) is 0 Å². The van der Waals surface area contributed by atoms with Gasteiger partial charge in [0.1, 0.15) is 6.61 Å². The number of ether oxygens (including phenoxy) is 2. The second kappa shape index (κ2) is 18.5. The number of carbonyl (C=O) groups is 2. The Hall–Kier alpha value is -2.70. The van der Waals surface area contributed by atoms with Crippen molar-refractivity contribution in [3.05, 3.63) is 71.8 Å². The molecule has 204 valence electrons. The topological polar surface area (TPSA) is 84.9 Å². The van der Waals surface area contributed by atoms with E-state index in [9.17, 15) is 14.7 Å². The van der Waals surface area contributed by atoms with Gasteiger partial charge in [-0.05, 0) is 42.7 Å². The fourth-order valence-corrected chi connectivity index (χ4v) is 4.51. The van der Waals surface area contributed by atoms with E-state index in [4.69, 9.17) is 9.47 Å². The largest absolute Gasteiger partial charge is 0.445 e. The van der Waals surface area contributed by atoms with Gasteiger partial charge in [0, 0.05) is 20.1 Å². The van der Waals surface area contributed by atoms with Gasteiger partial charge in [0.25, 0.3) is 0 Å². The van der Waals surface area contributed by atoms with Crippen LogP contribution in [0.15, 0.2) is 60.7 Å². The Balaban J connectivity index is 1.95. The Bertz CT molecular complexity index is 874. The number of benzene rings is 2. The summed E-state index contributed by atoms with van der Waals surface area (Å²) in [5.41, 5.74) is 2.02. The third-order valence-corrected chi connectivity index (χ3v) is 6.58. The number of Topliss-reactive ketones (excluding diaryl/α,β-unsaturated/α-hetero) is 1. The molecular weight excluding hydrogens is 466 g/mol. The van der Waals surface area contributed by atoms with Crippen LogP contribution in [0.3, 0.4) is 0 Å². The number of hydrogen-bond donors (Lipinski definition) is 2. The highest BCUT2D eigenvalue weighted by Gasteiger charge is 2.25. The van der Waals surface area contributed by atoms with Crippen molar-refractivity contribution in [2.24, 2.45) is 5.92 Å². The van der Waals surface area contributed by atoms with Crippen molar-refractivity contribution in [2.75, 3.05) is 13.7 Å². The third-order valence-electron chi connectivity index (χ3n) is 6.58. The van der Waals surface area contributed by atoms with Gasteiger partial charge in [-0.15, -0.1) is 0 Å². The van der Waals surface area contributed by atoms with Gasteiger partial charge in [-0.3, -0.25) is 4.79 Å². The molecule has 37 heavy (non-hydrogen) atoms. The molecule has 2 aromatic carbocycles. The lowest BCUT2D eigenvalue weighted by Crippen LogP contribution is -2.42. The second-order valence-corrected chi connectivity index (χ2v) is 9.87. The van der Waals surface area contributed by atoms with Crippen LogP contribution in [-0.2, 0) is 27.3 Å². The number of nitrogens with one attached hydrogen (secondary N) is 1. The van der Waals surface area contributed by atoms with E-state index in [2.05, 4.69) is 12.2 Å². The molecule has 0 aromatic heterocycles. The monoisotopic (exact) mass is 511 g/mol. The van der Waals surface area contributed by atoms with E-state index in [1.807, 2.05) is 60.7 Å². The minimum Gasteiger partial charge on any atom is -0.445 e. The zero-order valence-corrected chi connectivity index (χ0v) is 22.6. The third kappa shape index (κ3) is 13.4. The summed E-state index contributed by atoms with van der Waals surface area (Å²) in [4.78, 5) is 25.9. The van der Waals surface area contributed by atoms with E-state index >= 15 is 0 Å². The summed E-state index contributed by atoms with van der Waals surface area (Å²) >= 11 is 0. The fourth-order valence-electron chi connectivity index (χ4n) is 4.51. The van der Waals surface area contributed by atoms with E-state index in [1.54, 1.807) is 7.11 Å². The molecule has 6 nitrogen and oxygen atoms in total. The summed E-state index contributed by atoms with van der Waals surface area (Å²) in [5, 5.41) is 13.3. The van der Waals surface area contributed by atoms with Crippen LogP contribution in [0.1, 0.15) is 75.8 Å². The molecule has 3 atom stereocenters. The number of unbranched alkanes of at least 4 members (excludes halogenated alkanes) is 4. The molecular formula is C31H45NO5. The highest BCUT2D eigenvalue weighted by Crippen LogP contribution is 2.18. The van der Waals surface area contributed by atoms with Crippen LogP contribution in [0, 0.1) is 5.92 Å². The van der Waals surface area contributed by atoms with Crippen LogP contribution >= 0.6 is 0 Å². The summed E-state index contributed by atoms with van der Waals surface area (Å²) in [7, 11) is 1.63. The Morgan fingerprint density at radius 3 is 2.16 bits per heavy atom. The first kappa shape index (κ1) is 30.5. The van der Waals surface area contributed by atoms with Crippen molar-refractivity contribution in [2.45, 2.75) is 89.9 Å². The molecule has 2 aromatic rings. The predicted octanol–water partition coefficient (Wildman–Crippen LogP) is 6.25. The number of methoxy groups -OCH3 is 1. The maximum absolute atomic E-state index is 13.4. The van der Waals surface area contributed by atoms with Crippen molar-refractivity contribution >= 4 is 11.9 Å². The number of rotatable bonds is 19. The maximum atomic E-state index is 13.4. The average molecular weight is 512 g/mol. The maximum Gasteiger partial charge on any atom is 0.408 e. The van der Waals surface area contributed by atoms with Crippen LogP contribution < -0.4 is 5.32 Å². The molecule has 0 radical (unpaired) electrons. The lowest BCUT2D eigenvalue weighted by molar-refractivity contribution is -0.122. The highest BCUT2D eigenvalue weighted by atomic mass is 16.5. The van der Waals surface area contributed by atoms with Gasteiger partial charge in [-0.25, -0.2) is 4.79 Å². The molecule has 0 spiro atoms. The zero-order valence-electron chi connectivity index (χ0n) is 22.6. The Morgan fingerprint density at radius 2 is 1.51 bits per heavy atom. The van der Waals surface area contributed by atoms with Crippen molar-refractivity contribution in [3.63, 3.8) is 0 Å². The predicted molar refractivity (Wildman–Crippen MR) is 147 cm³/mol. The first-order valence-electron chi connectivity index (χ1n) is 13.7. The van der Waals surface area contributed by atoms with Gasteiger partial charge in [0.05, 0.1) is 12.1 Å². The molecule has 0 aliphatic rings. The highest BCUT2D eigenvalue weighted by molar-refractivity contribution is 5.87. The SMILES string of the molecule is CCCCCCCC(O)CCC(NC(=O)OCc1ccccc1)C(=O)CC(COC)Cc1ccccc1. The van der Waals surface area contributed by atoms with Gasteiger partial charge >= 0.3 is 6.09 Å². The van der Waals surface area contributed by atoms with Crippen LogP contribution in [0.2, 0.25) is 0 Å². The molecule has 0 saturated heterocycles. The normalized spacial score (nSPS) is 13.5. The number of amides is 1. The molecule has 3 unspecified atom stereocenters. The van der Waals surface area contributed by atoms with E-state index in [0.717, 1.165) is 24.0 Å². The van der Waals surface area contributed by atoms with Crippen molar-refractivity contribution < 1.29 is 24.2 Å². The molecule has 0 heterocycles. The Labute approximate surface area is 222 Å². The van der Waals surface area contributed by atoms with Crippen LogP contribution in [0.4, 0.5) is 4.79 Å². The fraction of sp³-hybridized carbons (Fsp3) is 0.548. The van der Waals surface area contributed by atoms with Crippen molar-refractivity contribution in [1.29, 1.82) is 0 Å². The van der Waals surface area contributed by atoms with E-state index in [1.165, 1.54) is 19.3 Å². The second-order valence-electron chi connectivity index (χ2n) is 9.87. The average Bonchev–Trinajstić information content (AvgIpc) is 2.91. The van der Waals surface area contributed by atoms with E-state index in [0.29, 0.717) is 32.3 Å². The van der Waals surface area contributed by atoms with Gasteiger partial charge in [-0.2, -0.15) is 0 Å².